The van der Waals surface area contributed by atoms with Crippen LogP contribution in [0.25, 0.3) is 10.9 Å². The van der Waals surface area contributed by atoms with Gasteiger partial charge in [0.25, 0.3) is 0 Å². The predicted octanol–water partition coefficient (Wildman–Crippen LogP) is 2.45. The summed E-state index contributed by atoms with van der Waals surface area (Å²) in [5.41, 5.74) is 1.67. The van der Waals surface area contributed by atoms with Crippen molar-refractivity contribution in [2.24, 2.45) is 0 Å². The molecule has 3 nitrogen and oxygen atoms in total. The van der Waals surface area contributed by atoms with Gasteiger partial charge >= 0.3 is 0 Å². The number of nitrogens with zero attached hydrogens (tertiary/aromatic N) is 2. The number of hydrogen-bond donors (Lipinski definition) is 1. The summed E-state index contributed by atoms with van der Waals surface area (Å²) in [6, 6.07) is 9.74. The second kappa shape index (κ2) is 3.99. The minimum atomic E-state index is -0.415. The van der Waals surface area contributed by atoms with Crippen LogP contribution >= 0.6 is 0 Å². The molecule has 0 fully saturated rings. The van der Waals surface area contributed by atoms with Crippen LogP contribution in [-0.2, 0) is 0 Å². The summed E-state index contributed by atoms with van der Waals surface area (Å²) in [6.07, 6.45) is 1.50. The molecule has 2 aromatic rings. The van der Waals surface area contributed by atoms with E-state index in [4.69, 9.17) is 5.26 Å². The summed E-state index contributed by atoms with van der Waals surface area (Å²) in [5.74, 6) is 0. The Kier molecular flexibility index (Phi) is 2.67. The molecule has 82 valence electrons. The van der Waals surface area contributed by atoms with Crippen LogP contribution in [0, 0.1) is 11.3 Å². The summed E-state index contributed by atoms with van der Waals surface area (Å²) in [7, 11) is 0. The third-order valence-corrected chi connectivity index (χ3v) is 3.02. The first-order chi connectivity index (χ1) is 7.65. The summed E-state index contributed by atoms with van der Waals surface area (Å²) in [4.78, 5) is 0. The molecule has 3 heteroatoms. The quantitative estimate of drug-likeness (QED) is 0.834. The van der Waals surface area contributed by atoms with Crippen molar-refractivity contribution in [1.29, 1.82) is 5.26 Å². The SMILES string of the molecule is CC(O)C(C)n1ccc2c(C#N)cccc21. The van der Waals surface area contributed by atoms with Crippen molar-refractivity contribution in [3.05, 3.63) is 36.0 Å². The van der Waals surface area contributed by atoms with Crippen LogP contribution < -0.4 is 0 Å². The Labute approximate surface area is 94.5 Å². The number of rotatable bonds is 2. The van der Waals surface area contributed by atoms with Crippen molar-refractivity contribution >= 4 is 10.9 Å². The first-order valence-electron chi connectivity index (χ1n) is 5.33. The van der Waals surface area contributed by atoms with Gasteiger partial charge in [0.2, 0.25) is 0 Å². The highest BCUT2D eigenvalue weighted by molar-refractivity contribution is 5.86. The highest BCUT2D eigenvalue weighted by atomic mass is 16.3. The van der Waals surface area contributed by atoms with E-state index < -0.39 is 6.10 Å². The van der Waals surface area contributed by atoms with Crippen molar-refractivity contribution in [3.63, 3.8) is 0 Å². The Bertz CT molecular complexity index is 549. The first-order valence-corrected chi connectivity index (χ1v) is 5.33. The zero-order valence-corrected chi connectivity index (χ0v) is 9.38. The third-order valence-electron chi connectivity index (χ3n) is 3.02. The van der Waals surface area contributed by atoms with Gasteiger partial charge in [-0.25, -0.2) is 0 Å². The Morgan fingerprint density at radius 3 is 2.69 bits per heavy atom. The minimum absolute atomic E-state index is 0.00597. The average molecular weight is 214 g/mol. The standard InChI is InChI=1S/C13H14N2O/c1-9(10(2)16)15-7-6-12-11(8-14)4-3-5-13(12)15/h3-7,9-10,16H,1-2H3. The first kappa shape index (κ1) is 10.7. The Morgan fingerprint density at radius 1 is 1.31 bits per heavy atom. The fraction of sp³-hybridized carbons (Fsp3) is 0.308. The van der Waals surface area contributed by atoms with Crippen molar-refractivity contribution in [3.8, 4) is 6.07 Å². The third kappa shape index (κ3) is 1.58. The molecule has 1 aromatic carbocycles. The minimum Gasteiger partial charge on any atom is -0.391 e. The van der Waals surface area contributed by atoms with Crippen molar-refractivity contribution < 1.29 is 5.11 Å². The lowest BCUT2D eigenvalue weighted by Gasteiger charge is -2.18. The normalized spacial score (nSPS) is 14.6. The van der Waals surface area contributed by atoms with Crippen LogP contribution in [0.4, 0.5) is 0 Å². The largest absolute Gasteiger partial charge is 0.391 e. The zero-order chi connectivity index (χ0) is 11.7. The van der Waals surface area contributed by atoms with Crippen LogP contribution in [0.3, 0.4) is 0 Å². The van der Waals surface area contributed by atoms with Crippen LogP contribution in [-0.4, -0.2) is 15.8 Å². The van der Waals surface area contributed by atoms with Gasteiger partial charge in [0.05, 0.1) is 23.8 Å². The summed E-state index contributed by atoms with van der Waals surface area (Å²) < 4.78 is 2.00. The van der Waals surface area contributed by atoms with Gasteiger partial charge in [-0.1, -0.05) is 6.07 Å². The maximum atomic E-state index is 9.59. The van der Waals surface area contributed by atoms with E-state index >= 15 is 0 Å². The van der Waals surface area contributed by atoms with Gasteiger partial charge in [0.1, 0.15) is 0 Å². The molecule has 2 atom stereocenters. The topological polar surface area (TPSA) is 49.0 Å². The van der Waals surface area contributed by atoms with Gasteiger partial charge in [0.15, 0.2) is 0 Å². The molecule has 2 rings (SSSR count). The van der Waals surface area contributed by atoms with E-state index in [9.17, 15) is 5.11 Å². The Balaban J connectivity index is 2.63. The Hall–Kier alpha value is -1.79. The summed E-state index contributed by atoms with van der Waals surface area (Å²) in [5, 5.41) is 19.5. The van der Waals surface area contributed by atoms with Gasteiger partial charge in [-0.15, -0.1) is 0 Å². The van der Waals surface area contributed by atoms with E-state index in [1.165, 1.54) is 0 Å². The molecule has 0 aliphatic rings. The second-order valence-corrected chi connectivity index (χ2v) is 4.05. The number of nitriles is 1. The van der Waals surface area contributed by atoms with E-state index in [0.29, 0.717) is 5.56 Å². The van der Waals surface area contributed by atoms with E-state index in [-0.39, 0.29) is 6.04 Å². The summed E-state index contributed by atoms with van der Waals surface area (Å²) >= 11 is 0. The molecule has 16 heavy (non-hydrogen) atoms. The zero-order valence-electron chi connectivity index (χ0n) is 9.38. The van der Waals surface area contributed by atoms with Crippen LogP contribution in [0.1, 0.15) is 25.5 Å². The van der Waals surface area contributed by atoms with E-state index in [1.807, 2.05) is 35.9 Å². The highest BCUT2D eigenvalue weighted by Gasteiger charge is 2.13. The molecule has 0 saturated carbocycles. The van der Waals surface area contributed by atoms with Crippen LogP contribution in [0.5, 0.6) is 0 Å². The van der Waals surface area contributed by atoms with Crippen molar-refractivity contribution in [2.75, 3.05) is 0 Å². The molecule has 2 unspecified atom stereocenters. The van der Waals surface area contributed by atoms with Gasteiger partial charge in [-0.05, 0) is 32.0 Å². The molecule has 0 spiro atoms. The van der Waals surface area contributed by atoms with Gasteiger partial charge in [0, 0.05) is 17.1 Å². The molecule has 0 aliphatic carbocycles. The number of benzene rings is 1. The molecular weight excluding hydrogens is 200 g/mol. The molecule has 1 aromatic heterocycles. The monoisotopic (exact) mass is 214 g/mol. The van der Waals surface area contributed by atoms with Gasteiger partial charge in [-0.3, -0.25) is 0 Å². The van der Waals surface area contributed by atoms with Crippen LogP contribution in [0.15, 0.2) is 30.5 Å². The summed E-state index contributed by atoms with van der Waals surface area (Å²) in [6.45, 7) is 3.73. The lowest BCUT2D eigenvalue weighted by Crippen LogP contribution is -2.17. The van der Waals surface area contributed by atoms with Crippen molar-refractivity contribution in [1.82, 2.24) is 4.57 Å². The average Bonchev–Trinajstić information content (AvgIpc) is 2.71. The lowest BCUT2D eigenvalue weighted by molar-refractivity contribution is 0.141. The number of fused-ring (bicyclic) bond motifs is 1. The lowest BCUT2D eigenvalue weighted by atomic mass is 10.1. The molecular formula is C13H14N2O. The molecule has 0 radical (unpaired) electrons. The number of aromatic nitrogens is 1. The number of aliphatic hydroxyl groups is 1. The van der Waals surface area contributed by atoms with Crippen molar-refractivity contribution in [2.45, 2.75) is 26.0 Å². The van der Waals surface area contributed by atoms with E-state index in [2.05, 4.69) is 6.07 Å². The van der Waals surface area contributed by atoms with Gasteiger partial charge in [-0.2, -0.15) is 5.26 Å². The molecule has 1 N–H and O–H groups in total. The van der Waals surface area contributed by atoms with Crippen LogP contribution in [0.2, 0.25) is 0 Å². The predicted molar refractivity (Wildman–Crippen MR) is 63.0 cm³/mol. The second-order valence-electron chi connectivity index (χ2n) is 4.05. The fourth-order valence-corrected chi connectivity index (χ4v) is 1.87. The van der Waals surface area contributed by atoms with E-state index in [1.54, 1.807) is 13.0 Å². The number of hydrogen-bond acceptors (Lipinski definition) is 2. The molecule has 1 heterocycles. The fourth-order valence-electron chi connectivity index (χ4n) is 1.87. The number of aliphatic hydroxyl groups excluding tert-OH is 1. The van der Waals surface area contributed by atoms with Gasteiger partial charge < -0.3 is 9.67 Å². The van der Waals surface area contributed by atoms with E-state index in [0.717, 1.165) is 10.9 Å². The maximum absolute atomic E-state index is 9.59. The maximum Gasteiger partial charge on any atom is 0.0998 e. The smallest absolute Gasteiger partial charge is 0.0998 e. The molecule has 0 aliphatic heterocycles. The Morgan fingerprint density at radius 2 is 2.06 bits per heavy atom. The molecule has 0 amide bonds. The molecule has 0 saturated heterocycles. The highest BCUT2D eigenvalue weighted by Crippen LogP contribution is 2.24. The molecule has 0 bridgehead atoms.